The van der Waals surface area contributed by atoms with Crippen LogP contribution in [-0.2, 0) is 6.54 Å². The number of fused-ring (bicyclic) bond motifs is 3. The Labute approximate surface area is 86.6 Å². The summed E-state index contributed by atoms with van der Waals surface area (Å²) in [4.78, 5) is 5.78. The normalized spacial score (nSPS) is 12.9. The number of thiazole rings is 1. The fourth-order valence-corrected chi connectivity index (χ4v) is 2.61. The fourth-order valence-electron chi connectivity index (χ4n) is 1.90. The highest BCUT2D eigenvalue weighted by Gasteiger charge is 2.19. The third-order valence-corrected chi connectivity index (χ3v) is 3.42. The molecule has 2 heterocycles. The van der Waals surface area contributed by atoms with Gasteiger partial charge in [0.15, 0.2) is 0 Å². The summed E-state index contributed by atoms with van der Waals surface area (Å²) < 4.78 is 0. The van der Waals surface area contributed by atoms with E-state index in [1.165, 1.54) is 27.4 Å². The minimum Gasteiger partial charge on any atom is -0.380 e. The second-order valence-electron chi connectivity index (χ2n) is 3.48. The molecule has 2 aromatic rings. The maximum absolute atomic E-state index is 4.44. The molecule has 0 fully saturated rings. The van der Waals surface area contributed by atoms with Crippen LogP contribution in [0.15, 0.2) is 23.7 Å². The zero-order valence-electron chi connectivity index (χ0n) is 7.87. The summed E-state index contributed by atoms with van der Waals surface area (Å²) in [6.45, 7) is 3.05. The van der Waals surface area contributed by atoms with Gasteiger partial charge in [0.1, 0.15) is 0 Å². The number of nitrogens with one attached hydrogen (secondary N) is 1. The number of hydrogen-bond acceptors (Lipinski definition) is 3. The molecule has 0 radical (unpaired) electrons. The molecule has 1 aromatic carbocycles. The van der Waals surface area contributed by atoms with Crippen LogP contribution in [0.4, 0.5) is 5.69 Å². The van der Waals surface area contributed by atoms with Gasteiger partial charge >= 0.3 is 0 Å². The van der Waals surface area contributed by atoms with E-state index in [-0.39, 0.29) is 0 Å². The van der Waals surface area contributed by atoms with E-state index in [0.717, 1.165) is 6.54 Å². The lowest BCUT2D eigenvalue weighted by Gasteiger charge is -2.18. The summed E-state index contributed by atoms with van der Waals surface area (Å²) in [7, 11) is 0. The minimum atomic E-state index is 0.913. The first-order chi connectivity index (χ1) is 6.86. The number of hydrogen-bond donors (Lipinski definition) is 1. The molecule has 0 atom stereocenters. The van der Waals surface area contributed by atoms with E-state index in [1.807, 2.05) is 5.51 Å². The zero-order chi connectivity index (χ0) is 9.54. The molecule has 14 heavy (non-hydrogen) atoms. The van der Waals surface area contributed by atoms with Gasteiger partial charge in [-0.1, -0.05) is 12.1 Å². The molecule has 70 valence electrons. The topological polar surface area (TPSA) is 24.9 Å². The molecule has 1 aliphatic rings. The van der Waals surface area contributed by atoms with Gasteiger partial charge in [0.25, 0.3) is 0 Å². The molecule has 0 unspecified atom stereocenters. The summed E-state index contributed by atoms with van der Waals surface area (Å²) in [5.41, 5.74) is 6.87. The lowest BCUT2D eigenvalue weighted by molar-refractivity contribution is 1.14. The van der Waals surface area contributed by atoms with Crippen molar-refractivity contribution < 1.29 is 0 Å². The highest BCUT2D eigenvalue weighted by molar-refractivity contribution is 7.10. The van der Waals surface area contributed by atoms with Crippen LogP contribution in [0.2, 0.25) is 0 Å². The highest BCUT2D eigenvalue weighted by Crippen LogP contribution is 2.38. The Morgan fingerprint density at radius 3 is 3.29 bits per heavy atom. The Hall–Kier alpha value is -1.35. The van der Waals surface area contributed by atoms with Crippen molar-refractivity contribution in [2.75, 3.05) is 5.32 Å². The molecule has 1 N–H and O–H groups in total. The van der Waals surface area contributed by atoms with Gasteiger partial charge in [-0.25, -0.2) is 4.98 Å². The molecule has 0 amide bonds. The maximum atomic E-state index is 4.44. The number of benzene rings is 1. The second-order valence-corrected chi connectivity index (χ2v) is 4.41. The van der Waals surface area contributed by atoms with E-state index < -0.39 is 0 Å². The van der Waals surface area contributed by atoms with E-state index in [9.17, 15) is 0 Å². The van der Waals surface area contributed by atoms with Gasteiger partial charge < -0.3 is 5.32 Å². The molecule has 0 saturated heterocycles. The van der Waals surface area contributed by atoms with Crippen LogP contribution in [0.5, 0.6) is 0 Å². The van der Waals surface area contributed by atoms with Crippen molar-refractivity contribution in [2.45, 2.75) is 13.5 Å². The molecular weight excluding hydrogens is 192 g/mol. The van der Waals surface area contributed by atoms with Crippen molar-refractivity contribution >= 4 is 17.0 Å². The smallest absolute Gasteiger partial charge is 0.0884 e. The van der Waals surface area contributed by atoms with Crippen LogP contribution < -0.4 is 5.32 Å². The monoisotopic (exact) mass is 202 g/mol. The first kappa shape index (κ1) is 8.00. The van der Waals surface area contributed by atoms with Crippen LogP contribution >= 0.6 is 11.3 Å². The average molecular weight is 202 g/mol. The lowest BCUT2D eigenvalue weighted by Crippen LogP contribution is -2.07. The Bertz CT molecular complexity index is 488. The first-order valence-corrected chi connectivity index (χ1v) is 5.50. The summed E-state index contributed by atoms with van der Waals surface area (Å²) in [6.07, 6.45) is 0. The second kappa shape index (κ2) is 2.82. The van der Waals surface area contributed by atoms with E-state index in [1.54, 1.807) is 11.3 Å². The first-order valence-electron chi connectivity index (χ1n) is 4.62. The number of rotatable bonds is 0. The van der Waals surface area contributed by atoms with Crippen molar-refractivity contribution in [1.82, 2.24) is 4.98 Å². The molecular formula is C11H10N2S. The molecule has 0 saturated carbocycles. The minimum absolute atomic E-state index is 0.913. The third-order valence-electron chi connectivity index (χ3n) is 2.59. The van der Waals surface area contributed by atoms with Crippen molar-refractivity contribution in [1.29, 1.82) is 0 Å². The number of aryl methyl sites for hydroxylation is 1. The van der Waals surface area contributed by atoms with Gasteiger partial charge in [-0.3, -0.25) is 0 Å². The predicted molar refractivity (Wildman–Crippen MR) is 59.6 cm³/mol. The van der Waals surface area contributed by atoms with Crippen LogP contribution in [-0.4, -0.2) is 4.98 Å². The van der Waals surface area contributed by atoms with Crippen molar-refractivity contribution in [3.05, 3.63) is 34.2 Å². The van der Waals surface area contributed by atoms with Gasteiger partial charge in [0.05, 0.1) is 22.6 Å². The van der Waals surface area contributed by atoms with Crippen LogP contribution in [0, 0.1) is 6.92 Å². The maximum Gasteiger partial charge on any atom is 0.0884 e. The molecule has 3 heteroatoms. The van der Waals surface area contributed by atoms with E-state index >= 15 is 0 Å². The van der Waals surface area contributed by atoms with E-state index in [0.29, 0.717) is 0 Å². The van der Waals surface area contributed by atoms with Crippen LogP contribution in [0.1, 0.15) is 10.4 Å². The SMILES string of the molecule is Cc1cccc2c1-c1ncsc1CN2. The largest absolute Gasteiger partial charge is 0.380 e. The zero-order valence-corrected chi connectivity index (χ0v) is 8.69. The summed E-state index contributed by atoms with van der Waals surface area (Å²) >= 11 is 1.72. The Morgan fingerprint density at radius 1 is 1.43 bits per heavy atom. The summed E-state index contributed by atoms with van der Waals surface area (Å²) in [5, 5.41) is 3.42. The summed E-state index contributed by atoms with van der Waals surface area (Å²) in [5.74, 6) is 0. The standard InChI is InChI=1S/C11H10N2S/c1-7-3-2-4-8-10(7)11-9(5-12-8)14-6-13-11/h2-4,6,12H,5H2,1H3. The van der Waals surface area contributed by atoms with Crippen molar-refractivity contribution in [3.63, 3.8) is 0 Å². The highest BCUT2D eigenvalue weighted by atomic mass is 32.1. The molecule has 0 spiro atoms. The van der Waals surface area contributed by atoms with Gasteiger partial charge in [-0.05, 0) is 18.6 Å². The average Bonchev–Trinajstić information content (AvgIpc) is 2.65. The number of nitrogens with zero attached hydrogens (tertiary/aromatic N) is 1. The molecule has 0 aliphatic carbocycles. The molecule has 0 bridgehead atoms. The van der Waals surface area contributed by atoms with Gasteiger partial charge in [0, 0.05) is 11.3 Å². The van der Waals surface area contributed by atoms with E-state index in [2.05, 4.69) is 35.4 Å². The predicted octanol–water partition coefficient (Wildman–Crippen LogP) is 3.04. The van der Waals surface area contributed by atoms with E-state index in [4.69, 9.17) is 0 Å². The number of aromatic nitrogens is 1. The van der Waals surface area contributed by atoms with Crippen LogP contribution in [0.25, 0.3) is 11.3 Å². The molecule has 3 rings (SSSR count). The van der Waals surface area contributed by atoms with Gasteiger partial charge in [-0.2, -0.15) is 0 Å². The number of anilines is 1. The molecule has 1 aliphatic heterocycles. The Kier molecular flexibility index (Phi) is 1.61. The quantitative estimate of drug-likeness (QED) is 0.710. The molecule has 1 aromatic heterocycles. The Morgan fingerprint density at radius 2 is 2.36 bits per heavy atom. The van der Waals surface area contributed by atoms with Crippen molar-refractivity contribution in [3.8, 4) is 11.3 Å². The fraction of sp³-hybridized carbons (Fsp3) is 0.182. The molecule has 2 nitrogen and oxygen atoms in total. The summed E-state index contributed by atoms with van der Waals surface area (Å²) in [6, 6.07) is 6.33. The lowest BCUT2D eigenvalue weighted by atomic mass is 10.00. The van der Waals surface area contributed by atoms with Gasteiger partial charge in [0.2, 0.25) is 0 Å². The van der Waals surface area contributed by atoms with Crippen molar-refractivity contribution in [2.24, 2.45) is 0 Å². The van der Waals surface area contributed by atoms with Gasteiger partial charge in [-0.15, -0.1) is 11.3 Å². The van der Waals surface area contributed by atoms with Crippen LogP contribution in [0.3, 0.4) is 0 Å². The third kappa shape index (κ3) is 0.990. The Balaban J connectivity index is 2.34.